The maximum Gasteiger partial charge on any atom is 0.282 e. The van der Waals surface area contributed by atoms with Gasteiger partial charge in [0.15, 0.2) is 0 Å². The fraction of sp³-hybridized carbons (Fsp3) is 1.00. The fourth-order valence-electron chi connectivity index (χ4n) is 1.98. The standard InChI is InChI=1S/C14H29F2NO/c1-3-5-7-9-13(10-8-6-4-2)17-11-14(15,16)12-18/h13,17-18H,3-12H2,1-2H3. The van der Waals surface area contributed by atoms with E-state index in [0.717, 1.165) is 51.4 Å². The van der Waals surface area contributed by atoms with Gasteiger partial charge in [-0.2, -0.15) is 0 Å². The lowest BCUT2D eigenvalue weighted by molar-refractivity contribution is -0.0496. The molecule has 0 heterocycles. The highest BCUT2D eigenvalue weighted by atomic mass is 19.3. The maximum absolute atomic E-state index is 13.0. The molecular formula is C14H29F2NO. The van der Waals surface area contributed by atoms with E-state index in [1.54, 1.807) is 0 Å². The molecule has 0 bridgehead atoms. The molecule has 0 spiro atoms. The molecule has 0 aliphatic carbocycles. The number of hydrogen-bond acceptors (Lipinski definition) is 2. The number of aliphatic hydroxyl groups excluding tert-OH is 1. The summed E-state index contributed by atoms with van der Waals surface area (Å²) in [7, 11) is 0. The van der Waals surface area contributed by atoms with Crippen LogP contribution in [0.4, 0.5) is 8.78 Å². The van der Waals surface area contributed by atoms with Crippen molar-refractivity contribution in [2.24, 2.45) is 0 Å². The molecule has 110 valence electrons. The molecule has 18 heavy (non-hydrogen) atoms. The van der Waals surface area contributed by atoms with E-state index >= 15 is 0 Å². The molecule has 4 heteroatoms. The van der Waals surface area contributed by atoms with Gasteiger partial charge in [-0.1, -0.05) is 52.4 Å². The summed E-state index contributed by atoms with van der Waals surface area (Å²) in [5.41, 5.74) is 0. The number of rotatable bonds is 12. The van der Waals surface area contributed by atoms with E-state index in [0.29, 0.717) is 0 Å². The van der Waals surface area contributed by atoms with Gasteiger partial charge >= 0.3 is 0 Å². The summed E-state index contributed by atoms with van der Waals surface area (Å²) in [6.07, 6.45) is 8.70. The highest BCUT2D eigenvalue weighted by molar-refractivity contribution is 4.74. The van der Waals surface area contributed by atoms with Crippen molar-refractivity contribution in [1.29, 1.82) is 0 Å². The Morgan fingerprint density at radius 3 is 1.89 bits per heavy atom. The summed E-state index contributed by atoms with van der Waals surface area (Å²) in [6.45, 7) is 2.79. The Kier molecular flexibility index (Phi) is 10.5. The first-order valence-corrected chi connectivity index (χ1v) is 7.27. The summed E-state index contributed by atoms with van der Waals surface area (Å²) >= 11 is 0. The SMILES string of the molecule is CCCCCC(CCCCC)NCC(F)(F)CO. The molecule has 0 aromatic rings. The molecule has 0 radical (unpaired) electrons. The number of hydrogen-bond donors (Lipinski definition) is 2. The van der Waals surface area contributed by atoms with Crippen LogP contribution in [-0.4, -0.2) is 30.2 Å². The van der Waals surface area contributed by atoms with E-state index in [4.69, 9.17) is 5.11 Å². The van der Waals surface area contributed by atoms with Gasteiger partial charge in [-0.3, -0.25) is 0 Å². The van der Waals surface area contributed by atoms with Crippen molar-refractivity contribution in [2.45, 2.75) is 77.2 Å². The van der Waals surface area contributed by atoms with Crippen LogP contribution in [0.5, 0.6) is 0 Å². The van der Waals surface area contributed by atoms with Gasteiger partial charge in [-0.25, -0.2) is 8.78 Å². The monoisotopic (exact) mass is 265 g/mol. The van der Waals surface area contributed by atoms with Gasteiger partial charge in [0, 0.05) is 6.04 Å². The average Bonchev–Trinajstić information content (AvgIpc) is 2.36. The van der Waals surface area contributed by atoms with Crippen LogP contribution in [-0.2, 0) is 0 Å². The molecule has 0 aliphatic heterocycles. The van der Waals surface area contributed by atoms with Crippen LogP contribution in [0.3, 0.4) is 0 Å². The molecule has 0 atom stereocenters. The van der Waals surface area contributed by atoms with Gasteiger partial charge in [-0.15, -0.1) is 0 Å². The zero-order chi connectivity index (χ0) is 13.9. The number of unbranched alkanes of at least 4 members (excludes halogenated alkanes) is 4. The van der Waals surface area contributed by atoms with Gasteiger partial charge in [0.2, 0.25) is 0 Å². The lowest BCUT2D eigenvalue weighted by atomic mass is 10.0. The lowest BCUT2D eigenvalue weighted by Crippen LogP contribution is -2.41. The molecule has 2 N–H and O–H groups in total. The van der Waals surface area contributed by atoms with Crippen molar-refractivity contribution in [3.8, 4) is 0 Å². The quantitative estimate of drug-likeness (QED) is 0.527. The maximum atomic E-state index is 13.0. The third kappa shape index (κ3) is 9.77. The van der Waals surface area contributed by atoms with E-state index in [2.05, 4.69) is 19.2 Å². The van der Waals surface area contributed by atoms with Crippen molar-refractivity contribution in [3.63, 3.8) is 0 Å². The van der Waals surface area contributed by atoms with Crippen molar-refractivity contribution in [2.75, 3.05) is 13.2 Å². The molecule has 0 amide bonds. The minimum atomic E-state index is -2.99. The van der Waals surface area contributed by atoms with Crippen molar-refractivity contribution in [3.05, 3.63) is 0 Å². The third-order valence-corrected chi connectivity index (χ3v) is 3.19. The van der Waals surface area contributed by atoms with Crippen LogP contribution in [0.2, 0.25) is 0 Å². The van der Waals surface area contributed by atoms with Crippen LogP contribution >= 0.6 is 0 Å². The normalized spacial score (nSPS) is 12.3. The molecule has 0 unspecified atom stereocenters. The Morgan fingerprint density at radius 2 is 1.50 bits per heavy atom. The summed E-state index contributed by atoms with van der Waals surface area (Å²) in [5, 5.41) is 11.5. The van der Waals surface area contributed by atoms with Gasteiger partial charge < -0.3 is 10.4 Å². The van der Waals surface area contributed by atoms with Crippen molar-refractivity contribution >= 4 is 0 Å². The van der Waals surface area contributed by atoms with Gasteiger partial charge in [0.25, 0.3) is 5.92 Å². The molecule has 0 fully saturated rings. The first-order valence-electron chi connectivity index (χ1n) is 7.27. The number of halogens is 2. The van der Waals surface area contributed by atoms with Crippen LogP contribution in [0.15, 0.2) is 0 Å². The molecule has 2 nitrogen and oxygen atoms in total. The minimum absolute atomic E-state index is 0.167. The molecule has 0 aliphatic rings. The largest absolute Gasteiger partial charge is 0.390 e. The summed E-state index contributed by atoms with van der Waals surface area (Å²) in [4.78, 5) is 0. The number of nitrogens with one attached hydrogen (secondary N) is 1. The fourth-order valence-corrected chi connectivity index (χ4v) is 1.98. The predicted octanol–water partition coefficient (Wildman–Crippen LogP) is 3.73. The molecule has 0 saturated carbocycles. The molecule has 0 aromatic heterocycles. The first-order chi connectivity index (χ1) is 8.55. The number of alkyl halides is 2. The van der Waals surface area contributed by atoms with Crippen molar-refractivity contribution < 1.29 is 13.9 Å². The van der Waals surface area contributed by atoms with Crippen LogP contribution < -0.4 is 5.32 Å². The van der Waals surface area contributed by atoms with E-state index < -0.39 is 19.1 Å². The van der Waals surface area contributed by atoms with Gasteiger partial charge in [0.1, 0.15) is 6.61 Å². The summed E-state index contributed by atoms with van der Waals surface area (Å²) in [6, 6.07) is 0.167. The highest BCUT2D eigenvalue weighted by Gasteiger charge is 2.28. The van der Waals surface area contributed by atoms with Crippen LogP contribution in [0.1, 0.15) is 65.2 Å². The zero-order valence-corrected chi connectivity index (χ0v) is 11.9. The van der Waals surface area contributed by atoms with Gasteiger partial charge in [-0.05, 0) is 12.8 Å². The topological polar surface area (TPSA) is 32.3 Å². The molecular weight excluding hydrogens is 236 g/mol. The second-order valence-electron chi connectivity index (χ2n) is 5.08. The number of aliphatic hydroxyl groups is 1. The van der Waals surface area contributed by atoms with E-state index in [9.17, 15) is 8.78 Å². The molecule has 0 saturated heterocycles. The second-order valence-corrected chi connectivity index (χ2v) is 5.08. The summed E-state index contributed by atoms with van der Waals surface area (Å²) in [5.74, 6) is -2.99. The minimum Gasteiger partial charge on any atom is -0.390 e. The smallest absolute Gasteiger partial charge is 0.282 e. The van der Waals surface area contributed by atoms with E-state index in [1.807, 2.05) is 0 Å². The second kappa shape index (κ2) is 10.7. The Bertz CT molecular complexity index is 179. The zero-order valence-electron chi connectivity index (χ0n) is 11.9. The first kappa shape index (κ1) is 17.8. The Morgan fingerprint density at radius 1 is 1.00 bits per heavy atom. The van der Waals surface area contributed by atoms with Crippen molar-refractivity contribution in [1.82, 2.24) is 5.32 Å². The predicted molar refractivity (Wildman–Crippen MR) is 72.1 cm³/mol. The van der Waals surface area contributed by atoms with Crippen LogP contribution in [0.25, 0.3) is 0 Å². The molecule has 0 rings (SSSR count). The van der Waals surface area contributed by atoms with E-state index in [-0.39, 0.29) is 6.04 Å². The van der Waals surface area contributed by atoms with Crippen LogP contribution in [0, 0.1) is 0 Å². The van der Waals surface area contributed by atoms with E-state index in [1.165, 1.54) is 0 Å². The lowest BCUT2D eigenvalue weighted by Gasteiger charge is -2.22. The Hall–Kier alpha value is -0.220. The highest BCUT2D eigenvalue weighted by Crippen LogP contribution is 2.14. The van der Waals surface area contributed by atoms with Gasteiger partial charge in [0.05, 0.1) is 6.54 Å². The third-order valence-electron chi connectivity index (χ3n) is 3.19. The Balaban J connectivity index is 3.94. The summed E-state index contributed by atoms with van der Waals surface area (Å²) < 4.78 is 26.0. The average molecular weight is 265 g/mol. The Labute approximate surface area is 110 Å². The molecule has 0 aromatic carbocycles.